The van der Waals surface area contributed by atoms with Crippen molar-refractivity contribution in [2.45, 2.75) is 45.2 Å². The molecule has 1 aliphatic rings. The first-order valence-electron chi connectivity index (χ1n) is 6.02. The summed E-state index contributed by atoms with van der Waals surface area (Å²) in [4.78, 5) is 15.7. The van der Waals surface area contributed by atoms with Gasteiger partial charge in [0.25, 0.3) is 0 Å². The molecule has 0 saturated heterocycles. The van der Waals surface area contributed by atoms with Crippen molar-refractivity contribution >= 4 is 5.91 Å². The van der Waals surface area contributed by atoms with Crippen LogP contribution in [0.2, 0.25) is 0 Å². The van der Waals surface area contributed by atoms with Crippen LogP contribution in [0.15, 0.2) is 4.52 Å². The fraction of sp³-hybridized carbons (Fsp3) is 0.727. The molecule has 0 spiro atoms. The molecule has 0 aliphatic heterocycles. The maximum Gasteiger partial charge on any atom is 0.234 e. The number of nitrogens with zero attached hydrogens (tertiary/aromatic N) is 2. The predicted molar refractivity (Wildman–Crippen MR) is 61.2 cm³/mol. The Morgan fingerprint density at radius 3 is 2.88 bits per heavy atom. The zero-order chi connectivity index (χ0) is 12.3. The summed E-state index contributed by atoms with van der Waals surface area (Å²) >= 11 is 0. The summed E-state index contributed by atoms with van der Waals surface area (Å²) in [7, 11) is 0. The molecule has 1 aliphatic carbocycles. The second kappa shape index (κ2) is 5.27. The van der Waals surface area contributed by atoms with Crippen LogP contribution >= 0.6 is 0 Å². The van der Waals surface area contributed by atoms with E-state index in [9.17, 15) is 4.79 Å². The molecule has 1 aromatic heterocycles. The first-order valence-corrected chi connectivity index (χ1v) is 6.02. The predicted octanol–water partition coefficient (Wildman–Crippen LogP) is 0.697. The van der Waals surface area contributed by atoms with E-state index in [-0.39, 0.29) is 11.9 Å². The molecule has 1 fully saturated rings. The number of nitrogens with one attached hydrogen (secondary N) is 2. The Morgan fingerprint density at radius 1 is 1.59 bits per heavy atom. The number of rotatable bonds is 6. The van der Waals surface area contributed by atoms with Crippen LogP contribution in [-0.2, 0) is 4.79 Å². The molecule has 0 bridgehead atoms. The molecule has 1 atom stereocenters. The Hall–Kier alpha value is -1.43. The third-order valence-corrected chi connectivity index (χ3v) is 2.71. The maximum absolute atomic E-state index is 11.5. The second-order valence-corrected chi connectivity index (χ2v) is 4.36. The number of carbonyl (C=O) groups is 1. The lowest BCUT2D eigenvalue weighted by Gasteiger charge is -2.12. The lowest BCUT2D eigenvalue weighted by molar-refractivity contribution is -0.120. The van der Waals surface area contributed by atoms with Crippen molar-refractivity contribution in [3.8, 4) is 0 Å². The van der Waals surface area contributed by atoms with Crippen molar-refractivity contribution in [2.75, 3.05) is 6.54 Å². The number of hydrogen-bond donors (Lipinski definition) is 2. The molecular weight excluding hydrogens is 220 g/mol. The third kappa shape index (κ3) is 3.52. The molecule has 1 amide bonds. The van der Waals surface area contributed by atoms with Crippen LogP contribution in [0.1, 0.15) is 43.9 Å². The molecule has 6 heteroatoms. The Bertz CT molecular complexity index is 387. The van der Waals surface area contributed by atoms with Crippen LogP contribution in [-0.4, -0.2) is 28.6 Å². The number of aromatic nitrogens is 2. The first-order chi connectivity index (χ1) is 8.19. The number of aryl methyl sites for hydroxylation is 1. The Labute approximate surface area is 100 Å². The second-order valence-electron chi connectivity index (χ2n) is 4.36. The summed E-state index contributed by atoms with van der Waals surface area (Å²) in [5.74, 6) is 1.19. The van der Waals surface area contributed by atoms with Crippen LogP contribution in [0.4, 0.5) is 0 Å². The minimum absolute atomic E-state index is 0.0302. The quantitative estimate of drug-likeness (QED) is 0.762. The van der Waals surface area contributed by atoms with Gasteiger partial charge in [-0.3, -0.25) is 10.1 Å². The van der Waals surface area contributed by atoms with Gasteiger partial charge in [0.15, 0.2) is 5.82 Å². The summed E-state index contributed by atoms with van der Waals surface area (Å²) in [6, 6.07) is 0.370. The van der Waals surface area contributed by atoms with Crippen LogP contribution < -0.4 is 10.6 Å². The highest BCUT2D eigenvalue weighted by atomic mass is 16.5. The average molecular weight is 238 g/mol. The Morgan fingerprint density at radius 2 is 2.35 bits per heavy atom. The highest BCUT2D eigenvalue weighted by molar-refractivity contribution is 5.78. The summed E-state index contributed by atoms with van der Waals surface area (Å²) < 4.78 is 4.93. The first kappa shape index (κ1) is 12.0. The van der Waals surface area contributed by atoms with Crippen LogP contribution in [0.3, 0.4) is 0 Å². The van der Waals surface area contributed by atoms with Crippen molar-refractivity contribution in [2.24, 2.45) is 0 Å². The maximum atomic E-state index is 11.5. The normalized spacial score (nSPS) is 16.8. The van der Waals surface area contributed by atoms with Gasteiger partial charge in [0, 0.05) is 13.0 Å². The van der Waals surface area contributed by atoms with Gasteiger partial charge in [-0.05, 0) is 19.3 Å². The van der Waals surface area contributed by atoms with E-state index in [1.54, 1.807) is 6.92 Å². The SMILES string of the molecule is CC[C@H](NCC(=O)NC1CC1)c1noc(C)n1. The Kier molecular flexibility index (Phi) is 3.73. The van der Waals surface area contributed by atoms with Gasteiger partial charge in [0.05, 0.1) is 12.6 Å². The molecule has 0 aromatic carbocycles. The summed E-state index contributed by atoms with van der Waals surface area (Å²) in [6.45, 7) is 4.06. The molecular formula is C11H18N4O2. The minimum Gasteiger partial charge on any atom is -0.352 e. The molecule has 0 radical (unpaired) electrons. The summed E-state index contributed by atoms with van der Waals surface area (Å²) in [5.41, 5.74) is 0. The van der Waals surface area contributed by atoms with E-state index in [0.717, 1.165) is 19.3 Å². The molecule has 2 rings (SSSR count). The summed E-state index contributed by atoms with van der Waals surface area (Å²) in [5, 5.41) is 9.92. The number of hydrogen-bond acceptors (Lipinski definition) is 5. The monoisotopic (exact) mass is 238 g/mol. The molecule has 6 nitrogen and oxygen atoms in total. The molecule has 1 saturated carbocycles. The largest absolute Gasteiger partial charge is 0.352 e. The van der Waals surface area contributed by atoms with E-state index in [0.29, 0.717) is 24.3 Å². The standard InChI is InChI=1S/C11H18N4O2/c1-3-9(11-13-7(2)17-15-11)12-6-10(16)14-8-4-5-8/h8-9,12H,3-6H2,1-2H3,(H,14,16)/t9-/m0/s1. The van der Waals surface area contributed by atoms with Gasteiger partial charge in [0.2, 0.25) is 11.8 Å². The zero-order valence-corrected chi connectivity index (χ0v) is 10.2. The Balaban J connectivity index is 1.80. The van der Waals surface area contributed by atoms with E-state index < -0.39 is 0 Å². The van der Waals surface area contributed by atoms with Crippen molar-refractivity contribution in [3.05, 3.63) is 11.7 Å². The van der Waals surface area contributed by atoms with Gasteiger partial charge in [-0.2, -0.15) is 4.98 Å². The number of carbonyl (C=O) groups excluding carboxylic acids is 1. The van der Waals surface area contributed by atoms with Gasteiger partial charge in [-0.15, -0.1) is 0 Å². The molecule has 17 heavy (non-hydrogen) atoms. The van der Waals surface area contributed by atoms with E-state index in [1.165, 1.54) is 0 Å². The lowest BCUT2D eigenvalue weighted by atomic mass is 10.2. The van der Waals surface area contributed by atoms with Crippen molar-refractivity contribution < 1.29 is 9.32 Å². The highest BCUT2D eigenvalue weighted by Crippen LogP contribution is 2.18. The van der Waals surface area contributed by atoms with Crippen molar-refractivity contribution in [3.63, 3.8) is 0 Å². The molecule has 2 N–H and O–H groups in total. The zero-order valence-electron chi connectivity index (χ0n) is 10.2. The molecule has 94 valence electrons. The van der Waals surface area contributed by atoms with E-state index in [1.807, 2.05) is 6.92 Å². The highest BCUT2D eigenvalue weighted by Gasteiger charge is 2.23. The topological polar surface area (TPSA) is 80.0 Å². The fourth-order valence-electron chi connectivity index (χ4n) is 1.60. The van der Waals surface area contributed by atoms with Crippen molar-refractivity contribution in [1.29, 1.82) is 0 Å². The third-order valence-electron chi connectivity index (χ3n) is 2.71. The van der Waals surface area contributed by atoms with Crippen molar-refractivity contribution in [1.82, 2.24) is 20.8 Å². The fourth-order valence-corrected chi connectivity index (χ4v) is 1.60. The summed E-state index contributed by atoms with van der Waals surface area (Å²) in [6.07, 6.45) is 3.02. The van der Waals surface area contributed by atoms with E-state index >= 15 is 0 Å². The van der Waals surface area contributed by atoms with Crippen LogP contribution in [0.25, 0.3) is 0 Å². The van der Waals surface area contributed by atoms with Crippen LogP contribution in [0.5, 0.6) is 0 Å². The van der Waals surface area contributed by atoms with Gasteiger partial charge < -0.3 is 9.84 Å². The smallest absolute Gasteiger partial charge is 0.234 e. The lowest BCUT2D eigenvalue weighted by Crippen LogP contribution is -2.36. The van der Waals surface area contributed by atoms with Gasteiger partial charge >= 0.3 is 0 Å². The van der Waals surface area contributed by atoms with Gasteiger partial charge in [0.1, 0.15) is 0 Å². The van der Waals surface area contributed by atoms with Crippen LogP contribution in [0, 0.1) is 6.92 Å². The van der Waals surface area contributed by atoms with E-state index in [2.05, 4.69) is 20.8 Å². The van der Waals surface area contributed by atoms with Gasteiger partial charge in [-0.1, -0.05) is 12.1 Å². The number of amides is 1. The molecule has 1 aromatic rings. The average Bonchev–Trinajstić information content (AvgIpc) is 3.00. The molecule has 0 unspecified atom stereocenters. The minimum atomic E-state index is -0.0302. The van der Waals surface area contributed by atoms with Gasteiger partial charge in [-0.25, -0.2) is 0 Å². The molecule has 1 heterocycles. The van der Waals surface area contributed by atoms with E-state index in [4.69, 9.17) is 4.52 Å².